The Morgan fingerprint density at radius 1 is 1.41 bits per heavy atom. The van der Waals surface area contributed by atoms with Crippen molar-refractivity contribution in [2.75, 3.05) is 6.54 Å². The Balaban J connectivity index is 2.15. The largest absolute Gasteiger partial charge is 0.478 e. The van der Waals surface area contributed by atoms with E-state index in [0.29, 0.717) is 6.54 Å². The third-order valence-corrected chi connectivity index (χ3v) is 3.13. The zero-order valence-electron chi connectivity index (χ0n) is 8.93. The minimum absolute atomic E-state index is 0.102. The molecule has 88 valence electrons. The number of benzene rings is 1. The lowest BCUT2D eigenvalue weighted by Crippen LogP contribution is -2.33. The zero-order chi connectivity index (χ0) is 12.0. The highest BCUT2D eigenvalue weighted by atomic mass is 16.6. The van der Waals surface area contributed by atoms with E-state index in [1.807, 2.05) is 0 Å². The highest BCUT2D eigenvalue weighted by Crippen LogP contribution is 2.45. The summed E-state index contributed by atoms with van der Waals surface area (Å²) in [7, 11) is 0. The van der Waals surface area contributed by atoms with Gasteiger partial charge in [0.25, 0.3) is 5.91 Å². The third-order valence-electron chi connectivity index (χ3n) is 3.13. The van der Waals surface area contributed by atoms with E-state index in [9.17, 15) is 14.9 Å². The number of nitro benzene ring substituents is 1. The molecule has 0 unspecified atom stereocenters. The van der Waals surface area contributed by atoms with Crippen LogP contribution in [0.25, 0.3) is 0 Å². The van der Waals surface area contributed by atoms with Crippen LogP contribution >= 0.6 is 0 Å². The molecule has 1 aliphatic heterocycles. The maximum absolute atomic E-state index is 11.8. The first-order chi connectivity index (χ1) is 8.11. The summed E-state index contributed by atoms with van der Waals surface area (Å²) >= 11 is 0. The fraction of sp³-hybridized carbons (Fsp3) is 0.364. The molecular weight excluding hydrogens is 224 g/mol. The van der Waals surface area contributed by atoms with E-state index in [4.69, 9.17) is 4.74 Å². The topological polar surface area (TPSA) is 81.5 Å². The lowest BCUT2D eigenvalue weighted by atomic mass is 10.1. The number of ether oxygens (including phenoxy) is 1. The predicted molar refractivity (Wildman–Crippen MR) is 58.0 cm³/mol. The first kappa shape index (κ1) is 10.1. The first-order valence-electron chi connectivity index (χ1n) is 5.36. The van der Waals surface area contributed by atoms with Crippen LogP contribution in [0.4, 0.5) is 5.69 Å². The number of fused-ring (bicyclic) bond motifs is 1. The molecule has 1 saturated carbocycles. The van der Waals surface area contributed by atoms with Crippen LogP contribution in [0.2, 0.25) is 0 Å². The molecule has 0 aromatic heterocycles. The van der Waals surface area contributed by atoms with Crippen molar-refractivity contribution in [1.82, 2.24) is 5.32 Å². The van der Waals surface area contributed by atoms with Gasteiger partial charge in [0.1, 0.15) is 5.60 Å². The number of carbonyl (C=O) groups is 1. The number of nitro groups is 1. The predicted octanol–water partition coefficient (Wildman–Crippen LogP) is 1.25. The normalized spacial score (nSPS) is 19.9. The molecule has 1 spiro atoms. The molecule has 1 heterocycles. The minimum Gasteiger partial charge on any atom is -0.478 e. The Bertz CT molecular complexity index is 522. The second-order valence-electron chi connectivity index (χ2n) is 4.38. The molecule has 1 N–H and O–H groups in total. The number of amides is 1. The molecule has 1 amide bonds. The summed E-state index contributed by atoms with van der Waals surface area (Å²) < 4.78 is 5.69. The summed E-state index contributed by atoms with van der Waals surface area (Å²) in [6.07, 6.45) is 1.64. The van der Waals surface area contributed by atoms with Crippen molar-refractivity contribution in [1.29, 1.82) is 0 Å². The fourth-order valence-corrected chi connectivity index (χ4v) is 1.96. The van der Waals surface area contributed by atoms with Gasteiger partial charge in [-0.05, 0) is 18.9 Å². The maximum Gasteiger partial charge on any atom is 0.311 e. The van der Waals surface area contributed by atoms with Crippen molar-refractivity contribution in [2.45, 2.75) is 18.4 Å². The van der Waals surface area contributed by atoms with Gasteiger partial charge in [-0.25, -0.2) is 0 Å². The van der Waals surface area contributed by atoms with E-state index in [-0.39, 0.29) is 22.9 Å². The van der Waals surface area contributed by atoms with Gasteiger partial charge in [-0.3, -0.25) is 14.9 Å². The smallest absolute Gasteiger partial charge is 0.311 e. The number of nitrogens with zero attached hydrogens (tertiary/aromatic N) is 1. The third kappa shape index (κ3) is 1.52. The van der Waals surface area contributed by atoms with Crippen molar-refractivity contribution in [3.05, 3.63) is 33.9 Å². The zero-order valence-corrected chi connectivity index (χ0v) is 8.93. The quantitative estimate of drug-likeness (QED) is 0.585. The summed E-state index contributed by atoms with van der Waals surface area (Å²) in [6, 6.07) is 4.39. The summed E-state index contributed by atoms with van der Waals surface area (Å²) in [4.78, 5) is 22.2. The number of nitrogens with one attached hydrogen (secondary N) is 1. The molecule has 0 bridgehead atoms. The van der Waals surface area contributed by atoms with Crippen LogP contribution in [0, 0.1) is 10.1 Å². The molecule has 3 rings (SSSR count). The van der Waals surface area contributed by atoms with E-state index in [2.05, 4.69) is 5.32 Å². The number of carbonyl (C=O) groups excluding carboxylic acids is 1. The first-order valence-corrected chi connectivity index (χ1v) is 5.36. The monoisotopic (exact) mass is 234 g/mol. The molecule has 0 saturated heterocycles. The molecule has 17 heavy (non-hydrogen) atoms. The van der Waals surface area contributed by atoms with Gasteiger partial charge in [0, 0.05) is 6.07 Å². The van der Waals surface area contributed by atoms with Crippen LogP contribution in [0.1, 0.15) is 23.2 Å². The van der Waals surface area contributed by atoms with Crippen LogP contribution in [-0.2, 0) is 0 Å². The van der Waals surface area contributed by atoms with Gasteiger partial charge in [0.15, 0.2) is 0 Å². The SMILES string of the molecule is O=C1NCC2(CC2)Oc2c1cccc2[N+](=O)[O-]. The van der Waals surface area contributed by atoms with Gasteiger partial charge in [-0.1, -0.05) is 6.07 Å². The maximum atomic E-state index is 11.8. The summed E-state index contributed by atoms with van der Waals surface area (Å²) in [5, 5.41) is 13.7. The van der Waals surface area contributed by atoms with E-state index in [0.717, 1.165) is 12.8 Å². The second-order valence-corrected chi connectivity index (χ2v) is 4.38. The van der Waals surface area contributed by atoms with E-state index < -0.39 is 10.5 Å². The van der Waals surface area contributed by atoms with Crippen LogP contribution in [0.3, 0.4) is 0 Å². The molecule has 6 nitrogen and oxygen atoms in total. The number of hydrogen-bond acceptors (Lipinski definition) is 4. The van der Waals surface area contributed by atoms with E-state index in [1.165, 1.54) is 12.1 Å². The van der Waals surface area contributed by atoms with Gasteiger partial charge < -0.3 is 10.1 Å². The van der Waals surface area contributed by atoms with Crippen molar-refractivity contribution < 1.29 is 14.5 Å². The van der Waals surface area contributed by atoms with Crippen LogP contribution < -0.4 is 10.1 Å². The van der Waals surface area contributed by atoms with Gasteiger partial charge >= 0.3 is 5.69 Å². The highest BCUT2D eigenvalue weighted by Gasteiger charge is 2.49. The van der Waals surface area contributed by atoms with Crippen molar-refractivity contribution in [2.24, 2.45) is 0 Å². The van der Waals surface area contributed by atoms with Gasteiger partial charge in [-0.2, -0.15) is 0 Å². The molecule has 0 atom stereocenters. The molecule has 0 radical (unpaired) electrons. The standard InChI is InChI=1S/C11H10N2O4/c14-10-7-2-1-3-8(13(15)16)9(7)17-11(4-5-11)6-12-10/h1-3H,4-6H2,(H,12,14). The summed E-state index contributed by atoms with van der Waals surface area (Å²) in [5.74, 6) is -0.211. The summed E-state index contributed by atoms with van der Waals surface area (Å²) in [5.41, 5.74) is -0.332. The molecule has 1 fully saturated rings. The van der Waals surface area contributed by atoms with Crippen molar-refractivity contribution >= 4 is 11.6 Å². The van der Waals surface area contributed by atoms with E-state index >= 15 is 0 Å². The minimum atomic E-state index is -0.520. The molecule has 2 aliphatic rings. The molecule has 1 aromatic rings. The Morgan fingerprint density at radius 2 is 2.18 bits per heavy atom. The van der Waals surface area contributed by atoms with Crippen LogP contribution in [-0.4, -0.2) is 23.0 Å². The number of hydrogen-bond donors (Lipinski definition) is 1. The Hall–Kier alpha value is -2.11. The lowest BCUT2D eigenvalue weighted by Gasteiger charge is -2.14. The highest BCUT2D eigenvalue weighted by molar-refractivity contribution is 5.98. The molecule has 1 aromatic carbocycles. The van der Waals surface area contributed by atoms with Gasteiger partial charge in [-0.15, -0.1) is 0 Å². The summed E-state index contributed by atoms with van der Waals surface area (Å²) in [6.45, 7) is 0.414. The van der Waals surface area contributed by atoms with Gasteiger partial charge in [0.05, 0.1) is 17.0 Å². The van der Waals surface area contributed by atoms with Crippen LogP contribution in [0.15, 0.2) is 18.2 Å². The lowest BCUT2D eigenvalue weighted by molar-refractivity contribution is -0.386. The molecule has 1 aliphatic carbocycles. The fourth-order valence-electron chi connectivity index (χ4n) is 1.96. The Morgan fingerprint density at radius 3 is 2.82 bits per heavy atom. The molecular formula is C11H10N2O4. The Kier molecular flexibility index (Phi) is 1.89. The average molecular weight is 234 g/mol. The van der Waals surface area contributed by atoms with E-state index in [1.54, 1.807) is 6.07 Å². The number of rotatable bonds is 1. The van der Waals surface area contributed by atoms with Gasteiger partial charge in [0.2, 0.25) is 5.75 Å². The average Bonchev–Trinajstić information content (AvgIpc) is 3.07. The number of para-hydroxylation sites is 1. The van der Waals surface area contributed by atoms with Crippen LogP contribution in [0.5, 0.6) is 5.75 Å². The van der Waals surface area contributed by atoms with Crippen molar-refractivity contribution in [3.63, 3.8) is 0 Å². The second kappa shape index (κ2) is 3.19. The van der Waals surface area contributed by atoms with Crippen molar-refractivity contribution in [3.8, 4) is 5.75 Å². The molecule has 6 heteroatoms. The Labute approximate surface area is 96.7 Å².